The number of nitrogens with zero attached hydrogens (tertiary/aromatic N) is 6. The third kappa shape index (κ3) is 8.17. The number of thioether (sulfide) groups is 1. The molecular weight excluding hydrogens is 585 g/mol. The van der Waals surface area contributed by atoms with Crippen LogP contribution in [-0.4, -0.2) is 90.3 Å². The van der Waals surface area contributed by atoms with Crippen molar-refractivity contribution in [2.75, 3.05) is 74.5 Å². The molecule has 7 nitrogen and oxygen atoms in total. The van der Waals surface area contributed by atoms with E-state index < -0.39 is 11.7 Å². The van der Waals surface area contributed by atoms with Gasteiger partial charge in [-0.3, -0.25) is 9.69 Å². The van der Waals surface area contributed by atoms with Crippen molar-refractivity contribution in [3.63, 3.8) is 0 Å². The molecule has 2 aliphatic heterocycles. The zero-order chi connectivity index (χ0) is 29.5. The van der Waals surface area contributed by atoms with Crippen LogP contribution in [0.4, 0.5) is 24.7 Å². The van der Waals surface area contributed by atoms with E-state index in [1.165, 1.54) is 23.4 Å². The second kappa shape index (κ2) is 13.8. The quantitative estimate of drug-likeness (QED) is 0.190. The lowest BCUT2D eigenvalue weighted by Gasteiger charge is -2.36. The monoisotopic (exact) mass is 616 g/mol. The summed E-state index contributed by atoms with van der Waals surface area (Å²) >= 11 is 7.56. The molecule has 3 aromatic rings. The number of carbonyl (C=O) groups is 1. The van der Waals surface area contributed by atoms with E-state index in [1.807, 2.05) is 23.1 Å². The van der Waals surface area contributed by atoms with Crippen molar-refractivity contribution in [3.8, 4) is 0 Å². The summed E-state index contributed by atoms with van der Waals surface area (Å²) in [5.41, 5.74) is 1.02. The number of alkyl halides is 3. The molecule has 0 saturated carbocycles. The first kappa shape index (κ1) is 30.2. The molecular formula is C30H32ClF3N6OS. The van der Waals surface area contributed by atoms with Gasteiger partial charge in [-0.2, -0.15) is 13.2 Å². The van der Waals surface area contributed by atoms with Crippen molar-refractivity contribution in [1.82, 2.24) is 19.8 Å². The van der Waals surface area contributed by atoms with Crippen molar-refractivity contribution in [3.05, 3.63) is 83.0 Å². The van der Waals surface area contributed by atoms with Gasteiger partial charge in [-0.1, -0.05) is 71.9 Å². The van der Waals surface area contributed by atoms with Crippen molar-refractivity contribution in [1.29, 1.82) is 0 Å². The maximum absolute atomic E-state index is 13.1. The summed E-state index contributed by atoms with van der Waals surface area (Å²) < 4.78 is 39.3. The molecule has 0 spiro atoms. The molecule has 0 N–H and O–H groups in total. The molecule has 0 unspecified atom stereocenters. The molecule has 0 bridgehead atoms. The van der Waals surface area contributed by atoms with Crippen LogP contribution in [0.2, 0.25) is 5.15 Å². The number of halogens is 4. The summed E-state index contributed by atoms with van der Waals surface area (Å²) in [7, 11) is 0. The van der Waals surface area contributed by atoms with Crippen molar-refractivity contribution in [2.24, 2.45) is 0 Å². The topological polar surface area (TPSA) is 55.8 Å². The van der Waals surface area contributed by atoms with Crippen LogP contribution in [0.1, 0.15) is 11.1 Å². The number of anilines is 2. The summed E-state index contributed by atoms with van der Waals surface area (Å²) in [4.78, 5) is 30.1. The van der Waals surface area contributed by atoms with E-state index in [9.17, 15) is 18.0 Å². The molecule has 1 aromatic heterocycles. The summed E-state index contributed by atoms with van der Waals surface area (Å²) in [5, 5.41) is 0.777. The van der Waals surface area contributed by atoms with E-state index in [2.05, 4.69) is 44.1 Å². The molecule has 0 radical (unpaired) electrons. The summed E-state index contributed by atoms with van der Waals surface area (Å²) in [6.45, 7) is 6.09. The lowest BCUT2D eigenvalue weighted by molar-refractivity contribution is -0.137. The molecule has 2 saturated heterocycles. The molecule has 3 heterocycles. The Morgan fingerprint density at radius 1 is 0.881 bits per heavy atom. The van der Waals surface area contributed by atoms with Gasteiger partial charge in [0.05, 0.1) is 11.3 Å². The van der Waals surface area contributed by atoms with Crippen LogP contribution >= 0.6 is 23.4 Å². The average molecular weight is 617 g/mol. The van der Waals surface area contributed by atoms with Gasteiger partial charge < -0.3 is 14.7 Å². The summed E-state index contributed by atoms with van der Waals surface area (Å²) in [6, 6.07) is 17.3. The maximum atomic E-state index is 13.1. The number of benzene rings is 2. The van der Waals surface area contributed by atoms with Crippen LogP contribution in [0.5, 0.6) is 0 Å². The highest BCUT2D eigenvalue weighted by atomic mass is 35.5. The lowest BCUT2D eigenvalue weighted by atomic mass is 10.1. The molecule has 2 aliphatic rings. The van der Waals surface area contributed by atoms with Crippen LogP contribution in [0.3, 0.4) is 0 Å². The maximum Gasteiger partial charge on any atom is 0.416 e. The fraction of sp³-hybridized carbons (Fsp3) is 0.367. The smallest absolute Gasteiger partial charge is 0.368 e. The highest BCUT2D eigenvalue weighted by Crippen LogP contribution is 2.32. The Hall–Kier alpha value is -3.28. The molecule has 1 amide bonds. The third-order valence-corrected chi connectivity index (χ3v) is 8.35. The molecule has 5 rings (SSSR count). The van der Waals surface area contributed by atoms with Gasteiger partial charge >= 0.3 is 6.18 Å². The van der Waals surface area contributed by atoms with E-state index in [0.717, 1.165) is 50.7 Å². The molecule has 12 heteroatoms. The fourth-order valence-electron chi connectivity index (χ4n) is 4.98. The van der Waals surface area contributed by atoms with Gasteiger partial charge in [0.1, 0.15) is 11.0 Å². The van der Waals surface area contributed by atoms with Gasteiger partial charge in [-0.25, -0.2) is 9.97 Å². The Labute approximate surface area is 253 Å². The van der Waals surface area contributed by atoms with Crippen molar-refractivity contribution >= 4 is 46.9 Å². The van der Waals surface area contributed by atoms with Gasteiger partial charge in [0.2, 0.25) is 5.91 Å². The molecule has 2 aromatic carbocycles. The number of aromatic nitrogens is 2. The predicted molar refractivity (Wildman–Crippen MR) is 162 cm³/mol. The van der Waals surface area contributed by atoms with E-state index in [-0.39, 0.29) is 11.7 Å². The number of piperazine rings is 2. The van der Waals surface area contributed by atoms with Crippen molar-refractivity contribution in [2.45, 2.75) is 11.3 Å². The second-order valence-corrected chi connectivity index (χ2v) is 11.5. The van der Waals surface area contributed by atoms with E-state index >= 15 is 0 Å². The molecule has 42 heavy (non-hydrogen) atoms. The van der Waals surface area contributed by atoms with E-state index in [0.29, 0.717) is 42.2 Å². The van der Waals surface area contributed by atoms with Crippen LogP contribution in [0, 0.1) is 0 Å². The number of amides is 1. The highest BCUT2D eigenvalue weighted by Gasteiger charge is 2.31. The molecule has 222 valence electrons. The van der Waals surface area contributed by atoms with E-state index in [4.69, 9.17) is 11.6 Å². The zero-order valence-electron chi connectivity index (χ0n) is 23.0. The normalized spacial score (nSPS) is 16.8. The number of rotatable bonds is 8. The lowest BCUT2D eigenvalue weighted by Crippen LogP contribution is -2.49. The third-order valence-electron chi connectivity index (χ3n) is 7.33. The van der Waals surface area contributed by atoms with Gasteiger partial charge in [0.15, 0.2) is 5.16 Å². The van der Waals surface area contributed by atoms with Crippen LogP contribution in [-0.2, 0) is 11.0 Å². The highest BCUT2D eigenvalue weighted by molar-refractivity contribution is 7.99. The van der Waals surface area contributed by atoms with Gasteiger partial charge in [-0.05, 0) is 23.8 Å². The Balaban J connectivity index is 1.08. The van der Waals surface area contributed by atoms with Crippen LogP contribution in [0.25, 0.3) is 6.08 Å². The Morgan fingerprint density at radius 2 is 1.60 bits per heavy atom. The zero-order valence-corrected chi connectivity index (χ0v) is 24.6. The minimum absolute atomic E-state index is 0.0639. The molecule has 2 fully saturated rings. The molecule has 0 aliphatic carbocycles. The van der Waals surface area contributed by atoms with Crippen molar-refractivity contribution < 1.29 is 18.0 Å². The SMILES string of the molecule is O=C(CSc1nc(Cl)cc(N2CCN(CC=Cc3ccccc3)CC2)n1)N1CCN(c2cccc(C(F)(F)F)c2)CC1. The second-order valence-electron chi connectivity index (χ2n) is 10.1. The number of carbonyl (C=O) groups excluding carboxylic acids is 1. The fourth-order valence-corrected chi connectivity index (χ4v) is 5.97. The standard InChI is InChI=1S/C30H32ClF3N6OS/c31-26-21-27(39-14-12-37(13-15-39)11-5-8-23-6-2-1-3-7-23)36-29(35-26)42-22-28(41)40-18-16-38(17-19-40)25-10-4-9-24(20-25)30(32,33)34/h1-10,20-21H,11-19,22H2. The van der Waals surface area contributed by atoms with Crippen LogP contribution < -0.4 is 9.80 Å². The summed E-state index contributed by atoms with van der Waals surface area (Å²) in [6.07, 6.45) is -0.0665. The predicted octanol–water partition coefficient (Wildman–Crippen LogP) is 5.43. The molecule has 0 atom stereocenters. The first-order valence-corrected chi connectivity index (χ1v) is 15.2. The average Bonchev–Trinajstić information content (AvgIpc) is 3.00. The summed E-state index contributed by atoms with van der Waals surface area (Å²) in [5.74, 6) is 0.843. The largest absolute Gasteiger partial charge is 0.416 e. The first-order valence-electron chi connectivity index (χ1n) is 13.8. The first-order chi connectivity index (χ1) is 20.2. The minimum Gasteiger partial charge on any atom is -0.368 e. The van der Waals surface area contributed by atoms with Gasteiger partial charge in [-0.15, -0.1) is 0 Å². The van der Waals surface area contributed by atoms with Crippen LogP contribution in [0.15, 0.2) is 71.9 Å². The number of hydrogen-bond donors (Lipinski definition) is 0. The number of hydrogen-bond acceptors (Lipinski definition) is 7. The Morgan fingerprint density at radius 3 is 2.31 bits per heavy atom. The van der Waals surface area contributed by atoms with Gasteiger partial charge in [0.25, 0.3) is 0 Å². The Bertz CT molecular complexity index is 1380. The minimum atomic E-state index is -4.39. The van der Waals surface area contributed by atoms with E-state index in [1.54, 1.807) is 17.0 Å². The Kier molecular flexibility index (Phi) is 9.91. The van der Waals surface area contributed by atoms with Gasteiger partial charge in [0, 0.05) is 70.7 Å².